The van der Waals surface area contributed by atoms with Gasteiger partial charge in [-0.3, -0.25) is 8.61 Å². The second-order valence-corrected chi connectivity index (χ2v) is 9.34. The topological polar surface area (TPSA) is 93.2 Å². The van der Waals surface area contributed by atoms with Crippen LogP contribution in [0, 0.1) is 11.3 Å². The van der Waals surface area contributed by atoms with E-state index in [1.165, 1.54) is 29.1 Å². The lowest BCUT2D eigenvalue weighted by atomic mass is 10.2. The molecular weight excluding hydrogens is 439 g/mol. The van der Waals surface area contributed by atoms with Crippen molar-refractivity contribution in [2.24, 2.45) is 0 Å². The first kappa shape index (κ1) is 22.0. The number of hydrogen-bond acceptors (Lipinski definition) is 7. The number of thioether (sulfide) groups is 1. The fourth-order valence-corrected chi connectivity index (χ4v) is 3.92. The zero-order chi connectivity index (χ0) is 22.1. The van der Waals surface area contributed by atoms with Crippen LogP contribution in [0.4, 0.5) is 13.2 Å². The van der Waals surface area contributed by atoms with Crippen LogP contribution in [0.15, 0.2) is 40.8 Å². The normalized spacial score (nSPS) is 13.2. The minimum atomic E-state index is -4.46. The van der Waals surface area contributed by atoms with Gasteiger partial charge in [-0.25, -0.2) is 15.0 Å². The average molecular weight is 455 g/mol. The van der Waals surface area contributed by atoms with Crippen molar-refractivity contribution in [2.45, 2.75) is 41.8 Å². The van der Waals surface area contributed by atoms with Crippen molar-refractivity contribution in [2.75, 3.05) is 5.75 Å². The molecule has 0 bridgehead atoms. The Bertz CT molecular complexity index is 1150. The van der Waals surface area contributed by atoms with Crippen LogP contribution >= 0.6 is 11.8 Å². The number of ether oxygens (including phenoxy) is 1. The molecule has 0 aliphatic carbocycles. The standard InChI is InChI=1S/C18H16F3N5O2S2/c1-4-30(27)13-5-11(28-17(2,3)9-22)7-23-16(13)12-8-26-10-24-15(6-14(26)25-12)29-18(19,20)21/h5-8,10H,4H2,1-3H3/t30-/m0/s1. The van der Waals surface area contributed by atoms with Crippen LogP contribution in [-0.2, 0) is 10.8 Å². The Morgan fingerprint density at radius 1 is 1.30 bits per heavy atom. The lowest BCUT2D eigenvalue weighted by Crippen LogP contribution is -2.25. The molecule has 0 saturated carbocycles. The van der Waals surface area contributed by atoms with E-state index in [2.05, 4.69) is 15.0 Å². The van der Waals surface area contributed by atoms with E-state index >= 15 is 0 Å². The summed E-state index contributed by atoms with van der Waals surface area (Å²) in [6, 6.07) is 4.76. The maximum absolute atomic E-state index is 12.6. The van der Waals surface area contributed by atoms with Crippen LogP contribution in [0.3, 0.4) is 0 Å². The van der Waals surface area contributed by atoms with Gasteiger partial charge in [0.25, 0.3) is 0 Å². The lowest BCUT2D eigenvalue weighted by molar-refractivity contribution is -0.0329. The molecule has 0 aromatic carbocycles. The van der Waals surface area contributed by atoms with Crippen LogP contribution in [0.2, 0.25) is 0 Å². The SMILES string of the molecule is CC[S@](=O)c1cc(OC(C)(C)C#N)cnc1-c1cn2cnc(SC(F)(F)F)cc2n1. The van der Waals surface area contributed by atoms with E-state index in [4.69, 9.17) is 10.00 Å². The van der Waals surface area contributed by atoms with Gasteiger partial charge < -0.3 is 4.74 Å². The van der Waals surface area contributed by atoms with E-state index < -0.39 is 21.9 Å². The summed E-state index contributed by atoms with van der Waals surface area (Å²) in [5.41, 5.74) is -4.68. The van der Waals surface area contributed by atoms with Crippen molar-refractivity contribution in [3.63, 3.8) is 0 Å². The Morgan fingerprint density at radius 2 is 2.03 bits per heavy atom. The summed E-state index contributed by atoms with van der Waals surface area (Å²) in [5.74, 6) is 0.581. The number of halogens is 3. The highest BCUT2D eigenvalue weighted by molar-refractivity contribution is 8.00. The summed E-state index contributed by atoms with van der Waals surface area (Å²) in [6.07, 6.45) is 4.16. The second kappa shape index (κ2) is 8.23. The number of aromatic nitrogens is 4. The van der Waals surface area contributed by atoms with Gasteiger partial charge in [-0.15, -0.1) is 0 Å². The fraction of sp³-hybridized carbons (Fsp3) is 0.333. The molecule has 0 saturated heterocycles. The smallest absolute Gasteiger partial charge is 0.447 e. The Morgan fingerprint density at radius 3 is 2.67 bits per heavy atom. The molecule has 3 rings (SSSR count). The van der Waals surface area contributed by atoms with E-state index in [0.29, 0.717) is 22.0 Å². The van der Waals surface area contributed by atoms with Crippen molar-refractivity contribution in [1.29, 1.82) is 5.26 Å². The second-order valence-electron chi connectivity index (χ2n) is 6.54. The molecule has 3 aromatic heterocycles. The van der Waals surface area contributed by atoms with Crippen molar-refractivity contribution >= 4 is 28.2 Å². The fourth-order valence-electron chi connectivity index (χ4n) is 2.48. The van der Waals surface area contributed by atoms with E-state index in [9.17, 15) is 17.4 Å². The number of imidazole rings is 1. The Balaban J connectivity index is 2.04. The molecule has 0 radical (unpaired) electrons. The molecule has 0 aliphatic heterocycles. The largest absolute Gasteiger partial charge is 0.471 e. The molecule has 3 aromatic rings. The van der Waals surface area contributed by atoms with Gasteiger partial charge in [-0.2, -0.15) is 18.4 Å². The van der Waals surface area contributed by atoms with Crippen molar-refractivity contribution in [3.05, 3.63) is 30.9 Å². The summed E-state index contributed by atoms with van der Waals surface area (Å²) in [7, 11) is -1.43. The van der Waals surface area contributed by atoms with Crippen LogP contribution < -0.4 is 4.74 Å². The number of fused-ring (bicyclic) bond motifs is 1. The monoisotopic (exact) mass is 455 g/mol. The molecule has 1 atom stereocenters. The summed E-state index contributed by atoms with van der Waals surface area (Å²) in [4.78, 5) is 12.8. The van der Waals surface area contributed by atoms with Gasteiger partial charge in [0.2, 0.25) is 0 Å². The molecule has 12 heteroatoms. The maximum Gasteiger partial charge on any atom is 0.447 e. The predicted molar refractivity (Wildman–Crippen MR) is 105 cm³/mol. The van der Waals surface area contributed by atoms with E-state index in [-0.39, 0.29) is 28.2 Å². The molecule has 158 valence electrons. The van der Waals surface area contributed by atoms with Crippen LogP contribution in [-0.4, -0.2) is 40.4 Å². The number of nitrogens with zero attached hydrogens (tertiary/aromatic N) is 5. The third kappa shape index (κ3) is 5.09. The highest BCUT2D eigenvalue weighted by Gasteiger charge is 2.30. The summed E-state index contributed by atoms with van der Waals surface area (Å²) in [6.45, 7) is 4.91. The maximum atomic E-state index is 12.6. The zero-order valence-corrected chi connectivity index (χ0v) is 17.7. The molecule has 0 N–H and O–H groups in total. The quantitative estimate of drug-likeness (QED) is 0.406. The molecule has 3 heterocycles. The highest BCUT2D eigenvalue weighted by atomic mass is 32.2. The summed E-state index contributed by atoms with van der Waals surface area (Å²) < 4.78 is 57.4. The third-order valence-corrected chi connectivity index (χ3v) is 5.75. The number of pyridine rings is 1. The number of nitriles is 1. The number of alkyl halides is 3. The average Bonchev–Trinajstić information content (AvgIpc) is 3.08. The molecule has 7 nitrogen and oxygen atoms in total. The van der Waals surface area contributed by atoms with E-state index in [0.717, 1.165) is 0 Å². The Kier molecular flexibility index (Phi) is 6.05. The highest BCUT2D eigenvalue weighted by Crippen LogP contribution is 2.36. The van der Waals surface area contributed by atoms with Gasteiger partial charge in [-0.1, -0.05) is 6.92 Å². The molecule has 30 heavy (non-hydrogen) atoms. The van der Waals surface area contributed by atoms with Crippen molar-refractivity contribution in [1.82, 2.24) is 19.4 Å². The van der Waals surface area contributed by atoms with Gasteiger partial charge in [0.05, 0.1) is 21.9 Å². The van der Waals surface area contributed by atoms with Gasteiger partial charge >= 0.3 is 5.51 Å². The van der Waals surface area contributed by atoms with Gasteiger partial charge in [0.1, 0.15) is 40.2 Å². The van der Waals surface area contributed by atoms with Crippen LogP contribution in [0.25, 0.3) is 17.0 Å². The van der Waals surface area contributed by atoms with Gasteiger partial charge in [0.15, 0.2) is 5.60 Å². The minimum absolute atomic E-state index is 0.236. The molecular formula is C18H16F3N5O2S2. The number of hydrogen-bond donors (Lipinski definition) is 0. The minimum Gasteiger partial charge on any atom is -0.471 e. The Hall–Kier alpha value is -2.65. The third-order valence-electron chi connectivity index (χ3n) is 3.76. The van der Waals surface area contributed by atoms with E-state index in [1.54, 1.807) is 27.0 Å². The van der Waals surface area contributed by atoms with Crippen molar-refractivity contribution in [3.8, 4) is 23.2 Å². The molecule has 0 amide bonds. The molecule has 0 unspecified atom stereocenters. The summed E-state index contributed by atoms with van der Waals surface area (Å²) in [5, 5.41) is 8.90. The molecule has 0 fully saturated rings. The van der Waals surface area contributed by atoms with Crippen LogP contribution in [0.5, 0.6) is 5.75 Å². The first-order valence-corrected chi connectivity index (χ1v) is 10.7. The summed E-state index contributed by atoms with van der Waals surface area (Å²) >= 11 is -0.330. The lowest BCUT2D eigenvalue weighted by Gasteiger charge is -2.18. The van der Waals surface area contributed by atoms with E-state index in [1.807, 2.05) is 6.07 Å². The Labute approximate surface area is 176 Å². The first-order valence-electron chi connectivity index (χ1n) is 8.61. The van der Waals surface area contributed by atoms with Crippen LogP contribution in [0.1, 0.15) is 20.8 Å². The van der Waals surface area contributed by atoms with Crippen molar-refractivity contribution < 1.29 is 22.1 Å². The molecule has 0 spiro atoms. The first-order chi connectivity index (χ1) is 14.0. The van der Waals surface area contributed by atoms with Gasteiger partial charge in [0, 0.05) is 35.8 Å². The molecule has 0 aliphatic rings. The zero-order valence-electron chi connectivity index (χ0n) is 16.1. The van der Waals surface area contributed by atoms with Gasteiger partial charge in [-0.05, 0) is 13.8 Å². The predicted octanol–water partition coefficient (Wildman–Crippen LogP) is 4.21. The number of rotatable bonds is 6.